The van der Waals surface area contributed by atoms with Gasteiger partial charge >= 0.3 is 0 Å². The van der Waals surface area contributed by atoms with Crippen LogP contribution < -0.4 is 0 Å². The molecule has 86 valence electrons. The highest BCUT2D eigenvalue weighted by atomic mass is 79.9. The monoisotopic (exact) mass is 388 g/mol. The van der Waals surface area contributed by atoms with E-state index >= 15 is 0 Å². The Balaban J connectivity index is 2.05. The molecule has 0 atom stereocenters. The molecule has 0 bridgehead atoms. The summed E-state index contributed by atoms with van der Waals surface area (Å²) in [4.78, 5) is 2.26. The number of halogens is 2. The molecule has 3 heterocycles. The highest BCUT2D eigenvalue weighted by molar-refractivity contribution is 9.11. The first-order valence-electron chi connectivity index (χ1n) is 4.82. The maximum atomic E-state index is 5.89. The minimum absolute atomic E-state index is 0.905. The smallest absolute Gasteiger partial charge is 0.145 e. The first-order valence-corrected chi connectivity index (χ1v) is 8.17. The Morgan fingerprint density at radius 2 is 1.24 bits per heavy atom. The molecule has 0 aliphatic heterocycles. The number of hydrogen-bond donors (Lipinski definition) is 0. The summed E-state index contributed by atoms with van der Waals surface area (Å²) < 4.78 is 8.05. The van der Waals surface area contributed by atoms with Crippen molar-refractivity contribution in [2.75, 3.05) is 0 Å². The molecular weight excluding hydrogens is 384 g/mol. The number of thiophene rings is 2. The normalized spacial score (nSPS) is 10.9. The molecule has 5 heteroatoms. The molecular formula is C12H6Br2OS2. The average Bonchev–Trinajstić information content (AvgIpc) is 2.97. The summed E-state index contributed by atoms with van der Waals surface area (Å²) in [6.07, 6.45) is 0. The topological polar surface area (TPSA) is 13.1 Å². The lowest BCUT2D eigenvalue weighted by atomic mass is 10.3. The molecule has 0 spiro atoms. The van der Waals surface area contributed by atoms with Crippen LogP contribution in [0.1, 0.15) is 0 Å². The SMILES string of the molecule is Brc1ccsc1-c1ccc(-c2sccc2Br)o1. The fourth-order valence-corrected chi connectivity index (χ4v) is 4.58. The van der Waals surface area contributed by atoms with Gasteiger partial charge < -0.3 is 4.42 Å². The van der Waals surface area contributed by atoms with Gasteiger partial charge in [0.25, 0.3) is 0 Å². The van der Waals surface area contributed by atoms with Gasteiger partial charge in [-0.05, 0) is 66.9 Å². The van der Waals surface area contributed by atoms with Crippen molar-refractivity contribution in [2.45, 2.75) is 0 Å². The summed E-state index contributed by atoms with van der Waals surface area (Å²) in [5.74, 6) is 1.81. The van der Waals surface area contributed by atoms with Crippen LogP contribution in [-0.4, -0.2) is 0 Å². The Labute approximate surface area is 123 Å². The highest BCUT2D eigenvalue weighted by Crippen LogP contribution is 2.39. The van der Waals surface area contributed by atoms with Crippen molar-refractivity contribution in [3.8, 4) is 21.3 Å². The van der Waals surface area contributed by atoms with Crippen LogP contribution in [-0.2, 0) is 0 Å². The van der Waals surface area contributed by atoms with Crippen molar-refractivity contribution in [2.24, 2.45) is 0 Å². The molecule has 0 saturated carbocycles. The third kappa shape index (κ3) is 2.17. The van der Waals surface area contributed by atoms with Crippen LogP contribution in [0.4, 0.5) is 0 Å². The summed E-state index contributed by atoms with van der Waals surface area (Å²) in [7, 11) is 0. The van der Waals surface area contributed by atoms with Crippen LogP contribution in [0, 0.1) is 0 Å². The second-order valence-corrected chi connectivity index (χ2v) is 6.90. The van der Waals surface area contributed by atoms with Gasteiger partial charge in [-0.15, -0.1) is 22.7 Å². The predicted octanol–water partition coefficient (Wildman–Crippen LogP) is 6.26. The van der Waals surface area contributed by atoms with Crippen LogP contribution in [0.25, 0.3) is 21.3 Å². The molecule has 0 aliphatic carbocycles. The van der Waals surface area contributed by atoms with Crippen LogP contribution in [0.2, 0.25) is 0 Å². The van der Waals surface area contributed by atoms with Gasteiger partial charge in [0, 0.05) is 8.95 Å². The van der Waals surface area contributed by atoms with Crippen molar-refractivity contribution < 1.29 is 4.42 Å². The van der Waals surface area contributed by atoms with Crippen molar-refractivity contribution in [1.29, 1.82) is 0 Å². The summed E-state index contributed by atoms with van der Waals surface area (Å²) >= 11 is 10.4. The van der Waals surface area contributed by atoms with Gasteiger partial charge in [0.1, 0.15) is 11.5 Å². The minimum atomic E-state index is 0.905. The third-order valence-corrected chi connectivity index (χ3v) is 5.99. The van der Waals surface area contributed by atoms with E-state index in [1.54, 1.807) is 22.7 Å². The fourth-order valence-electron chi connectivity index (χ4n) is 1.52. The Morgan fingerprint density at radius 1 is 0.765 bits per heavy atom. The van der Waals surface area contributed by atoms with E-state index in [9.17, 15) is 0 Å². The molecule has 3 aromatic heterocycles. The van der Waals surface area contributed by atoms with Gasteiger partial charge in [0.05, 0.1) is 9.75 Å². The first-order chi connectivity index (χ1) is 8.25. The van der Waals surface area contributed by atoms with Crippen LogP contribution in [0.3, 0.4) is 0 Å². The van der Waals surface area contributed by atoms with Gasteiger partial charge in [0.2, 0.25) is 0 Å². The van der Waals surface area contributed by atoms with E-state index in [4.69, 9.17) is 4.42 Å². The lowest BCUT2D eigenvalue weighted by Crippen LogP contribution is -1.67. The van der Waals surface area contributed by atoms with E-state index in [2.05, 4.69) is 31.9 Å². The minimum Gasteiger partial charge on any atom is -0.454 e. The van der Waals surface area contributed by atoms with E-state index < -0.39 is 0 Å². The second-order valence-electron chi connectivity index (χ2n) is 3.36. The van der Waals surface area contributed by atoms with E-state index in [1.807, 2.05) is 35.0 Å². The lowest BCUT2D eigenvalue weighted by Gasteiger charge is -1.94. The quantitative estimate of drug-likeness (QED) is 0.503. The molecule has 0 fully saturated rings. The molecule has 3 aromatic rings. The largest absolute Gasteiger partial charge is 0.454 e. The van der Waals surface area contributed by atoms with E-state index in [0.29, 0.717) is 0 Å². The standard InChI is InChI=1S/C12H6Br2OS2/c13-7-3-5-16-11(7)9-1-2-10(15-9)12-8(14)4-6-17-12/h1-6H. The van der Waals surface area contributed by atoms with Gasteiger partial charge in [-0.3, -0.25) is 0 Å². The van der Waals surface area contributed by atoms with Crippen molar-refractivity contribution in [3.63, 3.8) is 0 Å². The molecule has 3 rings (SSSR count). The number of furan rings is 1. The molecule has 0 radical (unpaired) electrons. The van der Waals surface area contributed by atoms with Crippen molar-refractivity contribution in [3.05, 3.63) is 44.0 Å². The summed E-state index contributed by atoms with van der Waals surface area (Å²) in [6.45, 7) is 0. The number of rotatable bonds is 2. The van der Waals surface area contributed by atoms with Gasteiger partial charge in [-0.2, -0.15) is 0 Å². The van der Waals surface area contributed by atoms with E-state index in [0.717, 1.165) is 30.2 Å². The van der Waals surface area contributed by atoms with E-state index in [1.165, 1.54) is 0 Å². The maximum Gasteiger partial charge on any atom is 0.145 e. The average molecular weight is 390 g/mol. The molecule has 0 aromatic carbocycles. The Morgan fingerprint density at radius 3 is 1.59 bits per heavy atom. The predicted molar refractivity (Wildman–Crippen MR) is 80.7 cm³/mol. The molecule has 1 nitrogen and oxygen atoms in total. The molecule has 0 amide bonds. The Bertz CT molecular complexity index is 596. The maximum absolute atomic E-state index is 5.89. The first kappa shape index (κ1) is 11.7. The molecule has 0 N–H and O–H groups in total. The summed E-state index contributed by atoms with van der Waals surface area (Å²) in [6, 6.07) is 8.09. The summed E-state index contributed by atoms with van der Waals surface area (Å²) in [5, 5.41) is 4.09. The van der Waals surface area contributed by atoms with Crippen molar-refractivity contribution in [1.82, 2.24) is 0 Å². The highest BCUT2D eigenvalue weighted by Gasteiger charge is 2.13. The summed E-state index contributed by atoms with van der Waals surface area (Å²) in [5.41, 5.74) is 0. The Hall–Kier alpha value is -0.360. The molecule has 0 unspecified atom stereocenters. The zero-order chi connectivity index (χ0) is 11.8. The Kier molecular flexibility index (Phi) is 3.25. The van der Waals surface area contributed by atoms with Crippen LogP contribution in [0.15, 0.2) is 48.4 Å². The zero-order valence-electron chi connectivity index (χ0n) is 8.44. The van der Waals surface area contributed by atoms with Gasteiger partial charge in [-0.1, -0.05) is 0 Å². The second kappa shape index (κ2) is 4.72. The third-order valence-electron chi connectivity index (χ3n) is 2.29. The molecule has 17 heavy (non-hydrogen) atoms. The van der Waals surface area contributed by atoms with Crippen LogP contribution >= 0.6 is 54.5 Å². The van der Waals surface area contributed by atoms with Gasteiger partial charge in [-0.25, -0.2) is 0 Å². The van der Waals surface area contributed by atoms with E-state index in [-0.39, 0.29) is 0 Å². The fraction of sp³-hybridized carbons (Fsp3) is 0. The number of hydrogen-bond acceptors (Lipinski definition) is 3. The lowest BCUT2D eigenvalue weighted by molar-refractivity contribution is 0.600. The zero-order valence-corrected chi connectivity index (χ0v) is 13.2. The molecule has 0 saturated heterocycles. The van der Waals surface area contributed by atoms with Crippen LogP contribution in [0.5, 0.6) is 0 Å². The van der Waals surface area contributed by atoms with Gasteiger partial charge in [0.15, 0.2) is 0 Å². The van der Waals surface area contributed by atoms with Crippen molar-refractivity contribution >= 4 is 54.5 Å². The molecule has 0 aliphatic rings.